The summed E-state index contributed by atoms with van der Waals surface area (Å²) >= 11 is -2.43. The van der Waals surface area contributed by atoms with Crippen LogP contribution in [0.1, 0.15) is 0 Å². The van der Waals surface area contributed by atoms with Gasteiger partial charge in [-0.15, -0.1) is 0 Å². The van der Waals surface area contributed by atoms with Crippen molar-refractivity contribution in [1.82, 2.24) is 15.9 Å². The number of carbonyl (C=O) groups excluding carboxylic acids is 1. The average Bonchev–Trinajstić information content (AvgIpc) is 3.05. The zero-order chi connectivity index (χ0) is 15.9. The molecule has 118 valence electrons. The van der Waals surface area contributed by atoms with Gasteiger partial charge in [-0.3, -0.25) is 0 Å². The SMILES string of the molecule is [CH3][Sn]([CH3])([CH3])[c]1ccc(N2C=CN(C3CNC(=O)O3)N2)cc1F. The van der Waals surface area contributed by atoms with Crippen molar-refractivity contribution in [3.05, 3.63) is 36.4 Å². The van der Waals surface area contributed by atoms with Crippen molar-refractivity contribution in [3.8, 4) is 0 Å². The number of carbonyl (C=O) groups is 1. The Morgan fingerprint density at radius 3 is 2.68 bits per heavy atom. The molecule has 0 radical (unpaired) electrons. The van der Waals surface area contributed by atoms with Gasteiger partial charge in [-0.25, -0.2) is 0 Å². The number of hydrazine groups is 2. The molecule has 2 heterocycles. The minimum atomic E-state index is -2.43. The van der Waals surface area contributed by atoms with E-state index in [-0.39, 0.29) is 5.82 Å². The van der Waals surface area contributed by atoms with Crippen LogP contribution in [0.25, 0.3) is 0 Å². The summed E-state index contributed by atoms with van der Waals surface area (Å²) in [6, 6.07) is 5.33. The monoisotopic (exact) mass is 414 g/mol. The first-order valence-electron chi connectivity index (χ1n) is 7.11. The number of rotatable bonds is 3. The number of cyclic esters (lactones) is 1. The number of alkyl carbamates (subject to hydrolysis) is 1. The van der Waals surface area contributed by atoms with E-state index in [2.05, 4.69) is 25.7 Å². The number of amides is 1. The molecular weight excluding hydrogens is 394 g/mol. The van der Waals surface area contributed by atoms with E-state index in [0.29, 0.717) is 12.2 Å². The second kappa shape index (κ2) is 5.62. The number of anilines is 1. The summed E-state index contributed by atoms with van der Waals surface area (Å²) in [6.45, 7) is 0.399. The van der Waals surface area contributed by atoms with Gasteiger partial charge in [0.25, 0.3) is 0 Å². The molecule has 1 aromatic rings. The van der Waals surface area contributed by atoms with Crippen LogP contribution in [-0.4, -0.2) is 42.3 Å². The molecular formula is C14H19FN4O2Sn. The fraction of sp³-hybridized carbons (Fsp3) is 0.357. The van der Waals surface area contributed by atoms with E-state index in [1.807, 2.05) is 12.1 Å². The van der Waals surface area contributed by atoms with Crippen molar-refractivity contribution in [2.45, 2.75) is 21.0 Å². The summed E-state index contributed by atoms with van der Waals surface area (Å²) < 4.78 is 20.3. The third kappa shape index (κ3) is 3.00. The molecule has 1 amide bonds. The Morgan fingerprint density at radius 1 is 1.32 bits per heavy atom. The van der Waals surface area contributed by atoms with Crippen molar-refractivity contribution < 1.29 is 13.9 Å². The van der Waals surface area contributed by atoms with Crippen LogP contribution in [0.5, 0.6) is 0 Å². The summed E-state index contributed by atoms with van der Waals surface area (Å²) in [5.41, 5.74) is 3.75. The molecule has 0 bridgehead atoms. The second-order valence-electron chi connectivity index (χ2n) is 6.33. The molecule has 1 atom stereocenters. The summed E-state index contributed by atoms with van der Waals surface area (Å²) in [5, 5.41) is 5.94. The van der Waals surface area contributed by atoms with Gasteiger partial charge in [-0.2, -0.15) is 0 Å². The molecule has 1 saturated heterocycles. The number of benzene rings is 1. The van der Waals surface area contributed by atoms with Crippen LogP contribution in [0.3, 0.4) is 0 Å². The molecule has 0 aromatic heterocycles. The molecule has 2 aliphatic rings. The molecule has 8 heteroatoms. The zero-order valence-electron chi connectivity index (χ0n) is 12.8. The molecule has 6 nitrogen and oxygen atoms in total. The summed E-state index contributed by atoms with van der Waals surface area (Å²) in [7, 11) is 0. The number of hydrogen-bond acceptors (Lipinski definition) is 5. The zero-order valence-corrected chi connectivity index (χ0v) is 15.6. The van der Waals surface area contributed by atoms with Gasteiger partial charge in [0.15, 0.2) is 0 Å². The van der Waals surface area contributed by atoms with Crippen molar-refractivity contribution >= 4 is 33.7 Å². The second-order valence-corrected chi connectivity index (χ2v) is 20.7. The van der Waals surface area contributed by atoms with Gasteiger partial charge < -0.3 is 0 Å². The van der Waals surface area contributed by atoms with Crippen LogP contribution >= 0.6 is 0 Å². The molecule has 1 fully saturated rings. The predicted octanol–water partition coefficient (Wildman–Crippen LogP) is 1.45. The van der Waals surface area contributed by atoms with Crippen LogP contribution in [0.4, 0.5) is 14.9 Å². The van der Waals surface area contributed by atoms with Crippen molar-refractivity contribution in [2.24, 2.45) is 0 Å². The standard InChI is InChI=1S/C11H10FN4O2.3CH3.Sn/c12-8-2-1-3-9(6-8)15-4-5-16(14-15)10-7-13-11(17)18-10;;;;/h1,3-6,10,14H,7H2,(H,13,17);3*1H3;. The van der Waals surface area contributed by atoms with E-state index in [1.54, 1.807) is 22.4 Å². The van der Waals surface area contributed by atoms with Crippen molar-refractivity contribution in [2.75, 3.05) is 11.6 Å². The van der Waals surface area contributed by atoms with E-state index in [9.17, 15) is 9.18 Å². The van der Waals surface area contributed by atoms with Gasteiger partial charge in [-0.05, 0) is 0 Å². The molecule has 3 rings (SSSR count). The molecule has 1 unspecified atom stereocenters. The summed E-state index contributed by atoms with van der Waals surface area (Å²) in [6.07, 6.45) is 2.66. The van der Waals surface area contributed by atoms with Gasteiger partial charge in [0.1, 0.15) is 0 Å². The molecule has 0 saturated carbocycles. The number of hydrogen-bond donors (Lipinski definition) is 2. The van der Waals surface area contributed by atoms with Crippen LogP contribution in [-0.2, 0) is 4.74 Å². The van der Waals surface area contributed by atoms with Crippen LogP contribution in [0.2, 0.25) is 14.8 Å². The Bertz CT molecular complexity index is 632. The molecule has 2 aliphatic heterocycles. The fourth-order valence-corrected chi connectivity index (χ4v) is 6.34. The van der Waals surface area contributed by atoms with E-state index in [4.69, 9.17) is 4.74 Å². The Hall–Kier alpha value is -1.48. The number of nitrogens with one attached hydrogen (secondary N) is 2. The molecule has 0 aliphatic carbocycles. The third-order valence-electron chi connectivity index (χ3n) is 3.61. The number of ether oxygens (including phenoxy) is 1. The van der Waals surface area contributed by atoms with E-state index in [0.717, 1.165) is 3.58 Å². The van der Waals surface area contributed by atoms with Gasteiger partial charge in [-0.1, -0.05) is 0 Å². The van der Waals surface area contributed by atoms with Gasteiger partial charge in [0.05, 0.1) is 0 Å². The van der Waals surface area contributed by atoms with Gasteiger partial charge in [0.2, 0.25) is 0 Å². The summed E-state index contributed by atoms with van der Waals surface area (Å²) in [5.74, 6) is -0.150. The molecule has 0 spiro atoms. The molecule has 2 N–H and O–H groups in total. The maximum atomic E-state index is 14.3. The normalized spacial score (nSPS) is 21.3. The third-order valence-corrected chi connectivity index (χ3v) is 9.38. The molecule has 1 aromatic carbocycles. The Balaban J connectivity index is 1.73. The Morgan fingerprint density at radius 2 is 2.09 bits per heavy atom. The first-order chi connectivity index (χ1) is 10.3. The number of halogens is 1. The first kappa shape index (κ1) is 15.4. The number of nitrogens with zero attached hydrogens (tertiary/aromatic N) is 2. The summed E-state index contributed by atoms with van der Waals surface area (Å²) in [4.78, 5) is 17.6. The van der Waals surface area contributed by atoms with Gasteiger partial charge in [0, 0.05) is 0 Å². The van der Waals surface area contributed by atoms with Crippen LogP contribution in [0.15, 0.2) is 30.6 Å². The van der Waals surface area contributed by atoms with E-state index < -0.39 is 30.7 Å². The van der Waals surface area contributed by atoms with Crippen molar-refractivity contribution in [3.63, 3.8) is 0 Å². The van der Waals surface area contributed by atoms with Crippen LogP contribution in [0, 0.1) is 5.82 Å². The minimum absolute atomic E-state index is 0.150. The first-order valence-corrected chi connectivity index (χ1v) is 17.1. The Labute approximate surface area is 132 Å². The topological polar surface area (TPSA) is 56.8 Å². The van der Waals surface area contributed by atoms with Crippen LogP contribution < -0.4 is 19.4 Å². The van der Waals surface area contributed by atoms with Crippen molar-refractivity contribution in [1.29, 1.82) is 0 Å². The maximum absolute atomic E-state index is 14.3. The fourth-order valence-electron chi connectivity index (χ4n) is 2.43. The Kier molecular flexibility index (Phi) is 3.94. The predicted molar refractivity (Wildman–Crippen MR) is 84.2 cm³/mol. The molecule has 22 heavy (non-hydrogen) atoms. The average molecular weight is 413 g/mol. The van der Waals surface area contributed by atoms with E-state index >= 15 is 0 Å². The van der Waals surface area contributed by atoms with E-state index in [1.165, 1.54) is 6.07 Å². The quantitative estimate of drug-likeness (QED) is 0.736. The van der Waals surface area contributed by atoms with Gasteiger partial charge >= 0.3 is 133 Å².